The number of carbonyl (C=O) groups is 2. The first-order valence-electron chi connectivity index (χ1n) is 8.39. The van der Waals surface area contributed by atoms with Gasteiger partial charge in [-0.05, 0) is 53.6 Å². The van der Waals surface area contributed by atoms with E-state index in [2.05, 4.69) is 15.8 Å². The van der Waals surface area contributed by atoms with Gasteiger partial charge in [0, 0.05) is 10.6 Å². The Labute approximate surface area is 162 Å². The molecule has 0 bridgehead atoms. The van der Waals surface area contributed by atoms with Gasteiger partial charge in [0.25, 0.3) is 11.8 Å². The van der Waals surface area contributed by atoms with Crippen LogP contribution >= 0.6 is 11.6 Å². The summed E-state index contributed by atoms with van der Waals surface area (Å²) in [6, 6.07) is 20.4. The Morgan fingerprint density at radius 2 is 1.59 bits per heavy atom. The summed E-state index contributed by atoms with van der Waals surface area (Å²) in [4.78, 5) is 23.9. The van der Waals surface area contributed by atoms with Gasteiger partial charge in [0.05, 0.1) is 12.3 Å². The average Bonchev–Trinajstić information content (AvgIpc) is 2.70. The smallest absolute Gasteiger partial charge is 0.259 e. The van der Waals surface area contributed by atoms with Crippen molar-refractivity contribution in [2.75, 3.05) is 6.54 Å². The number of fused-ring (bicyclic) bond motifs is 1. The van der Waals surface area contributed by atoms with Crippen molar-refractivity contribution in [2.24, 2.45) is 5.10 Å². The highest BCUT2D eigenvalue weighted by atomic mass is 35.5. The van der Waals surface area contributed by atoms with E-state index in [0.29, 0.717) is 16.3 Å². The molecule has 3 aromatic carbocycles. The van der Waals surface area contributed by atoms with Crippen molar-refractivity contribution >= 4 is 39.9 Å². The maximum Gasteiger partial charge on any atom is 0.259 e. The molecule has 0 radical (unpaired) electrons. The van der Waals surface area contributed by atoms with E-state index in [0.717, 1.165) is 16.3 Å². The van der Waals surface area contributed by atoms with Crippen molar-refractivity contribution in [3.05, 3.63) is 82.9 Å². The monoisotopic (exact) mass is 379 g/mol. The van der Waals surface area contributed by atoms with Crippen molar-refractivity contribution in [3.63, 3.8) is 0 Å². The largest absolute Gasteiger partial charge is 0.343 e. The summed E-state index contributed by atoms with van der Waals surface area (Å²) in [6.45, 7) is 1.65. The second-order valence-corrected chi connectivity index (χ2v) is 6.42. The molecule has 3 aromatic rings. The summed E-state index contributed by atoms with van der Waals surface area (Å²) in [5.74, 6) is -0.755. The number of rotatable bonds is 5. The molecule has 6 heteroatoms. The van der Waals surface area contributed by atoms with Gasteiger partial charge < -0.3 is 5.32 Å². The van der Waals surface area contributed by atoms with Gasteiger partial charge in [-0.15, -0.1) is 0 Å². The molecule has 0 fully saturated rings. The van der Waals surface area contributed by atoms with Gasteiger partial charge in [-0.2, -0.15) is 5.10 Å². The number of benzene rings is 3. The summed E-state index contributed by atoms with van der Waals surface area (Å²) in [6.07, 6.45) is 0. The first-order valence-corrected chi connectivity index (χ1v) is 8.77. The maximum atomic E-state index is 12.0. The number of nitrogens with one attached hydrogen (secondary N) is 2. The van der Waals surface area contributed by atoms with E-state index in [4.69, 9.17) is 11.6 Å². The van der Waals surface area contributed by atoms with Gasteiger partial charge in [0.1, 0.15) is 0 Å². The zero-order valence-corrected chi connectivity index (χ0v) is 15.5. The highest BCUT2D eigenvalue weighted by Gasteiger charge is 2.08. The standard InChI is InChI=1S/C21H18ClN3O2/c1-14(17-7-6-15-4-2-3-5-18(15)12-17)24-25-20(26)13-23-21(27)16-8-10-19(22)11-9-16/h2-12H,13H2,1H3,(H,23,27)(H,25,26)/b24-14-. The quantitative estimate of drug-likeness (QED) is 0.523. The Bertz CT molecular complexity index is 1010. The number of amides is 2. The summed E-state index contributed by atoms with van der Waals surface area (Å²) < 4.78 is 0. The predicted octanol–water partition coefficient (Wildman–Crippen LogP) is 3.76. The number of carbonyl (C=O) groups excluding carboxylic acids is 2. The number of nitrogens with zero attached hydrogens (tertiary/aromatic N) is 1. The van der Waals surface area contributed by atoms with Gasteiger partial charge in [-0.3, -0.25) is 9.59 Å². The SMILES string of the molecule is C/C(=N/NC(=O)CNC(=O)c1ccc(Cl)cc1)c1ccc2ccccc2c1. The van der Waals surface area contributed by atoms with E-state index in [1.807, 2.05) is 49.4 Å². The van der Waals surface area contributed by atoms with Crippen molar-refractivity contribution in [1.29, 1.82) is 0 Å². The molecule has 0 saturated heterocycles. The van der Waals surface area contributed by atoms with Crippen LogP contribution in [0.2, 0.25) is 5.02 Å². The molecule has 5 nitrogen and oxygen atoms in total. The molecule has 0 saturated carbocycles. The highest BCUT2D eigenvalue weighted by Crippen LogP contribution is 2.16. The summed E-state index contributed by atoms with van der Waals surface area (Å²) in [5.41, 5.74) is 4.49. The lowest BCUT2D eigenvalue weighted by Crippen LogP contribution is -2.35. The summed E-state index contributed by atoms with van der Waals surface area (Å²) in [7, 11) is 0. The fourth-order valence-corrected chi connectivity index (χ4v) is 2.65. The van der Waals surface area contributed by atoms with E-state index < -0.39 is 5.91 Å². The molecule has 0 heterocycles. The van der Waals surface area contributed by atoms with Crippen molar-refractivity contribution in [2.45, 2.75) is 6.92 Å². The van der Waals surface area contributed by atoms with E-state index in [1.165, 1.54) is 0 Å². The molecule has 0 aromatic heterocycles. The third-order valence-corrected chi connectivity index (χ3v) is 4.28. The lowest BCUT2D eigenvalue weighted by Gasteiger charge is -2.06. The Balaban J connectivity index is 1.56. The molecule has 0 aliphatic rings. The molecule has 3 rings (SSSR count). The molecule has 0 atom stereocenters. The van der Waals surface area contributed by atoms with Crippen LogP contribution in [0.1, 0.15) is 22.8 Å². The Morgan fingerprint density at radius 1 is 0.926 bits per heavy atom. The van der Waals surface area contributed by atoms with E-state index in [-0.39, 0.29) is 12.5 Å². The number of hydrazone groups is 1. The van der Waals surface area contributed by atoms with Crippen LogP contribution in [0, 0.1) is 0 Å². The Hall–Kier alpha value is -3.18. The number of hydrogen-bond donors (Lipinski definition) is 2. The fourth-order valence-electron chi connectivity index (χ4n) is 2.53. The molecule has 2 amide bonds. The lowest BCUT2D eigenvalue weighted by molar-refractivity contribution is -0.120. The average molecular weight is 380 g/mol. The molecule has 27 heavy (non-hydrogen) atoms. The van der Waals surface area contributed by atoms with Gasteiger partial charge >= 0.3 is 0 Å². The molecule has 0 spiro atoms. The predicted molar refractivity (Wildman–Crippen MR) is 108 cm³/mol. The van der Waals surface area contributed by atoms with Crippen molar-refractivity contribution in [3.8, 4) is 0 Å². The van der Waals surface area contributed by atoms with Gasteiger partial charge in [-0.25, -0.2) is 5.43 Å². The van der Waals surface area contributed by atoms with Crippen LogP contribution in [0.5, 0.6) is 0 Å². The van der Waals surface area contributed by atoms with Crippen molar-refractivity contribution < 1.29 is 9.59 Å². The molecule has 2 N–H and O–H groups in total. The minimum absolute atomic E-state index is 0.171. The van der Waals surface area contributed by atoms with Crippen LogP contribution in [-0.2, 0) is 4.79 Å². The highest BCUT2D eigenvalue weighted by molar-refractivity contribution is 6.30. The molecular weight excluding hydrogens is 362 g/mol. The summed E-state index contributed by atoms with van der Waals surface area (Å²) >= 11 is 5.79. The van der Waals surface area contributed by atoms with Crippen LogP contribution in [0.15, 0.2) is 71.8 Å². The molecule has 0 aliphatic carbocycles. The third kappa shape index (κ3) is 4.92. The maximum absolute atomic E-state index is 12.0. The normalized spacial score (nSPS) is 11.3. The zero-order chi connectivity index (χ0) is 19.2. The zero-order valence-electron chi connectivity index (χ0n) is 14.7. The van der Waals surface area contributed by atoms with Gasteiger partial charge in [-0.1, -0.05) is 48.0 Å². The Morgan fingerprint density at radius 3 is 2.33 bits per heavy atom. The van der Waals surface area contributed by atoms with E-state index >= 15 is 0 Å². The van der Waals surface area contributed by atoms with Crippen LogP contribution in [-0.4, -0.2) is 24.1 Å². The van der Waals surface area contributed by atoms with Crippen LogP contribution in [0.3, 0.4) is 0 Å². The minimum Gasteiger partial charge on any atom is -0.343 e. The minimum atomic E-state index is -0.405. The number of hydrogen-bond acceptors (Lipinski definition) is 3. The van der Waals surface area contributed by atoms with E-state index in [1.54, 1.807) is 24.3 Å². The second kappa shape index (κ2) is 8.47. The summed E-state index contributed by atoms with van der Waals surface area (Å²) in [5, 5.41) is 9.44. The molecule has 0 aliphatic heterocycles. The first-order chi connectivity index (χ1) is 13.0. The van der Waals surface area contributed by atoms with E-state index in [9.17, 15) is 9.59 Å². The molecule has 136 valence electrons. The fraction of sp³-hybridized carbons (Fsp3) is 0.0952. The lowest BCUT2D eigenvalue weighted by atomic mass is 10.0. The topological polar surface area (TPSA) is 70.6 Å². The van der Waals surface area contributed by atoms with Gasteiger partial charge in [0.2, 0.25) is 0 Å². The van der Waals surface area contributed by atoms with Crippen LogP contribution in [0.25, 0.3) is 10.8 Å². The Kier molecular flexibility index (Phi) is 5.84. The van der Waals surface area contributed by atoms with Crippen LogP contribution in [0.4, 0.5) is 0 Å². The molecular formula is C21H18ClN3O2. The number of halogens is 1. The van der Waals surface area contributed by atoms with Gasteiger partial charge in [0.15, 0.2) is 0 Å². The first kappa shape index (κ1) is 18.6. The van der Waals surface area contributed by atoms with Crippen molar-refractivity contribution in [1.82, 2.24) is 10.7 Å². The second-order valence-electron chi connectivity index (χ2n) is 5.98. The third-order valence-electron chi connectivity index (χ3n) is 4.03. The molecule has 0 unspecified atom stereocenters. The van der Waals surface area contributed by atoms with Crippen LogP contribution < -0.4 is 10.7 Å².